The molecule has 5 nitrogen and oxygen atoms in total. The Hall–Kier alpha value is -1.99. The van der Waals surface area contributed by atoms with Crippen LogP contribution < -0.4 is 10.1 Å². The van der Waals surface area contributed by atoms with E-state index in [0.29, 0.717) is 24.3 Å². The minimum absolute atomic E-state index is 0.00875. The minimum atomic E-state index is -0.402. The lowest BCUT2D eigenvalue weighted by Gasteiger charge is -2.26. The molecule has 1 fully saturated rings. The summed E-state index contributed by atoms with van der Waals surface area (Å²) in [4.78, 5) is 16.9. The second kappa shape index (κ2) is 6.49. The van der Waals surface area contributed by atoms with Crippen LogP contribution in [0.3, 0.4) is 0 Å². The second-order valence-corrected chi connectivity index (χ2v) is 6.78. The molecule has 0 saturated carbocycles. The number of carbonyl (C=O) groups excluding carboxylic acids is 1. The number of para-hydroxylation sites is 1. The summed E-state index contributed by atoms with van der Waals surface area (Å²) in [5.74, 6) is -0.425. The van der Waals surface area contributed by atoms with Gasteiger partial charge in [-0.05, 0) is 18.9 Å². The normalized spacial score (nSPS) is 22.7. The van der Waals surface area contributed by atoms with Crippen molar-refractivity contribution in [3.63, 3.8) is 0 Å². The van der Waals surface area contributed by atoms with E-state index in [2.05, 4.69) is 10.3 Å². The number of amides is 1. The molecule has 2 unspecified atom stereocenters. The third-order valence-corrected chi connectivity index (χ3v) is 5.23. The number of ether oxygens (including phenoxy) is 2. The molecule has 0 bridgehead atoms. The average molecular weight is 348 g/mol. The Kier molecular flexibility index (Phi) is 4.20. The minimum Gasteiger partial charge on any atom is -0.490 e. The van der Waals surface area contributed by atoms with E-state index >= 15 is 0 Å². The highest BCUT2D eigenvalue weighted by Crippen LogP contribution is 2.34. The van der Waals surface area contributed by atoms with E-state index < -0.39 is 5.82 Å². The van der Waals surface area contributed by atoms with Gasteiger partial charge in [-0.3, -0.25) is 4.79 Å². The number of aromatic nitrogens is 1. The van der Waals surface area contributed by atoms with Gasteiger partial charge in [-0.1, -0.05) is 12.1 Å². The highest BCUT2D eigenvalue weighted by atomic mass is 32.1. The Morgan fingerprint density at radius 1 is 1.33 bits per heavy atom. The third-order valence-electron chi connectivity index (χ3n) is 4.29. The zero-order valence-electron chi connectivity index (χ0n) is 13.0. The van der Waals surface area contributed by atoms with E-state index in [0.717, 1.165) is 24.5 Å². The van der Waals surface area contributed by atoms with Crippen LogP contribution >= 0.6 is 11.3 Å². The van der Waals surface area contributed by atoms with Crippen molar-refractivity contribution in [3.8, 4) is 5.75 Å². The molecule has 2 aromatic rings. The Balaban J connectivity index is 1.50. The smallest absolute Gasteiger partial charge is 0.271 e. The van der Waals surface area contributed by atoms with Crippen molar-refractivity contribution in [2.75, 3.05) is 13.2 Å². The lowest BCUT2D eigenvalue weighted by molar-refractivity contribution is 0.0916. The number of nitrogens with zero attached hydrogens (tertiary/aromatic N) is 1. The van der Waals surface area contributed by atoms with Gasteiger partial charge in [0, 0.05) is 24.0 Å². The van der Waals surface area contributed by atoms with E-state index in [4.69, 9.17) is 9.47 Å². The summed E-state index contributed by atoms with van der Waals surface area (Å²) in [7, 11) is 0. The van der Waals surface area contributed by atoms with Crippen LogP contribution in [0.5, 0.6) is 5.75 Å². The predicted molar refractivity (Wildman–Crippen MR) is 86.8 cm³/mol. The fourth-order valence-corrected chi connectivity index (χ4v) is 3.96. The van der Waals surface area contributed by atoms with Gasteiger partial charge in [-0.2, -0.15) is 0 Å². The van der Waals surface area contributed by atoms with Crippen molar-refractivity contribution >= 4 is 17.2 Å². The molecular formula is C17H17FN2O3S. The molecule has 1 aromatic carbocycles. The first kappa shape index (κ1) is 15.5. The number of nitrogens with one attached hydrogen (secondary N) is 1. The van der Waals surface area contributed by atoms with Gasteiger partial charge in [0.05, 0.1) is 12.6 Å². The number of thiazole rings is 1. The second-order valence-electron chi connectivity index (χ2n) is 5.89. The molecule has 0 radical (unpaired) electrons. The monoisotopic (exact) mass is 348 g/mol. The standard InChI is InChI=1S/C17H17FN2O3S/c18-11-4-1-3-10-12(6-8-23-15(10)11)19-16(21)13-9-24-17(20-13)14-5-2-7-22-14/h1,3-4,9,12,14H,2,5-8H2,(H,19,21). The van der Waals surface area contributed by atoms with Gasteiger partial charge < -0.3 is 14.8 Å². The summed E-state index contributed by atoms with van der Waals surface area (Å²) < 4.78 is 24.8. The lowest BCUT2D eigenvalue weighted by Crippen LogP contribution is -2.32. The average Bonchev–Trinajstić information content (AvgIpc) is 3.27. The SMILES string of the molecule is O=C(NC1CCOc2c(F)cccc21)c1csc(C2CCCO2)n1. The van der Waals surface area contributed by atoms with E-state index in [1.54, 1.807) is 17.5 Å². The van der Waals surface area contributed by atoms with Crippen LogP contribution in [0.25, 0.3) is 0 Å². The van der Waals surface area contributed by atoms with Gasteiger partial charge >= 0.3 is 0 Å². The van der Waals surface area contributed by atoms with Crippen LogP contribution in [0, 0.1) is 5.82 Å². The molecule has 4 rings (SSSR count). The van der Waals surface area contributed by atoms with Crippen LogP contribution in [0.1, 0.15) is 52.5 Å². The maximum absolute atomic E-state index is 13.8. The summed E-state index contributed by atoms with van der Waals surface area (Å²) in [5.41, 5.74) is 1.05. The first-order valence-electron chi connectivity index (χ1n) is 8.01. The number of rotatable bonds is 3. The molecule has 1 N–H and O–H groups in total. The van der Waals surface area contributed by atoms with Crippen molar-refractivity contribution in [2.45, 2.75) is 31.4 Å². The molecule has 24 heavy (non-hydrogen) atoms. The van der Waals surface area contributed by atoms with Crippen LogP contribution in [-0.4, -0.2) is 24.1 Å². The van der Waals surface area contributed by atoms with Gasteiger partial charge in [0.1, 0.15) is 16.8 Å². The van der Waals surface area contributed by atoms with Gasteiger partial charge in [0.2, 0.25) is 0 Å². The van der Waals surface area contributed by atoms with Gasteiger partial charge in [-0.25, -0.2) is 9.37 Å². The number of hydrogen-bond acceptors (Lipinski definition) is 5. The van der Waals surface area contributed by atoms with Gasteiger partial charge in [-0.15, -0.1) is 11.3 Å². The maximum Gasteiger partial charge on any atom is 0.271 e. The van der Waals surface area contributed by atoms with Gasteiger partial charge in [0.25, 0.3) is 5.91 Å². The Bertz CT molecular complexity index is 758. The van der Waals surface area contributed by atoms with E-state index in [1.165, 1.54) is 17.4 Å². The van der Waals surface area contributed by atoms with E-state index in [1.807, 2.05) is 0 Å². The van der Waals surface area contributed by atoms with Crippen molar-refractivity contribution in [1.29, 1.82) is 0 Å². The largest absolute Gasteiger partial charge is 0.490 e. The zero-order valence-corrected chi connectivity index (χ0v) is 13.8. The van der Waals surface area contributed by atoms with Crippen molar-refractivity contribution in [2.24, 2.45) is 0 Å². The molecule has 2 aliphatic rings. The van der Waals surface area contributed by atoms with Crippen LogP contribution in [0.2, 0.25) is 0 Å². The Morgan fingerprint density at radius 2 is 2.25 bits per heavy atom. The fourth-order valence-electron chi connectivity index (χ4n) is 3.08. The highest BCUT2D eigenvalue weighted by molar-refractivity contribution is 7.09. The zero-order chi connectivity index (χ0) is 16.5. The van der Waals surface area contributed by atoms with Crippen molar-refractivity contribution in [3.05, 3.63) is 45.7 Å². The number of fused-ring (bicyclic) bond motifs is 1. The number of benzene rings is 1. The van der Waals surface area contributed by atoms with E-state index in [-0.39, 0.29) is 23.8 Å². The Labute approximate surface area is 142 Å². The summed E-state index contributed by atoms with van der Waals surface area (Å²) in [6.07, 6.45) is 2.58. The first-order chi connectivity index (χ1) is 11.7. The number of halogens is 1. The molecule has 0 spiro atoms. The summed E-state index contributed by atoms with van der Waals surface area (Å²) in [6.45, 7) is 1.12. The van der Waals surface area contributed by atoms with E-state index in [9.17, 15) is 9.18 Å². The third kappa shape index (κ3) is 2.89. The predicted octanol–water partition coefficient (Wildman–Crippen LogP) is 3.39. The topological polar surface area (TPSA) is 60.5 Å². The highest BCUT2D eigenvalue weighted by Gasteiger charge is 2.27. The molecule has 0 aliphatic carbocycles. The molecular weight excluding hydrogens is 331 g/mol. The van der Waals surface area contributed by atoms with Gasteiger partial charge in [0.15, 0.2) is 11.6 Å². The Morgan fingerprint density at radius 3 is 3.08 bits per heavy atom. The molecule has 2 atom stereocenters. The molecule has 1 saturated heterocycles. The molecule has 2 aliphatic heterocycles. The summed E-state index contributed by atoms with van der Waals surface area (Å²) >= 11 is 1.44. The van der Waals surface area contributed by atoms with Crippen LogP contribution in [0.4, 0.5) is 4.39 Å². The maximum atomic E-state index is 13.8. The molecule has 3 heterocycles. The molecule has 126 valence electrons. The number of hydrogen-bond donors (Lipinski definition) is 1. The summed E-state index contributed by atoms with van der Waals surface area (Å²) in [6, 6.07) is 4.49. The summed E-state index contributed by atoms with van der Waals surface area (Å²) in [5, 5.41) is 5.53. The van der Waals surface area contributed by atoms with Crippen LogP contribution in [0.15, 0.2) is 23.6 Å². The molecule has 1 amide bonds. The van der Waals surface area contributed by atoms with Crippen molar-refractivity contribution in [1.82, 2.24) is 10.3 Å². The quantitative estimate of drug-likeness (QED) is 0.924. The molecule has 1 aromatic heterocycles. The number of carbonyl (C=O) groups is 1. The first-order valence-corrected chi connectivity index (χ1v) is 8.89. The molecule has 7 heteroatoms. The lowest BCUT2D eigenvalue weighted by atomic mass is 10.00. The van der Waals surface area contributed by atoms with Crippen LogP contribution in [-0.2, 0) is 4.74 Å². The fraction of sp³-hybridized carbons (Fsp3) is 0.412. The van der Waals surface area contributed by atoms with Crippen molar-refractivity contribution < 1.29 is 18.7 Å².